The van der Waals surface area contributed by atoms with Crippen LogP contribution in [0.25, 0.3) is 11.0 Å². The number of carbonyl (C=O) groups is 2. The number of anilines is 1. The number of para-hydroxylation sites is 1. The van der Waals surface area contributed by atoms with Gasteiger partial charge in [0.2, 0.25) is 5.91 Å². The highest BCUT2D eigenvalue weighted by atomic mass is 35.5. The monoisotopic (exact) mass is 451 g/mol. The fraction of sp³-hybridized carbons (Fsp3) is 0.250. The van der Waals surface area contributed by atoms with Crippen LogP contribution in [0, 0.1) is 0 Å². The van der Waals surface area contributed by atoms with Gasteiger partial charge >= 0.3 is 5.97 Å². The summed E-state index contributed by atoms with van der Waals surface area (Å²) in [5, 5.41) is 4.18. The van der Waals surface area contributed by atoms with Gasteiger partial charge in [0.1, 0.15) is 0 Å². The number of thioether (sulfide) groups is 1. The first-order valence-corrected chi connectivity index (χ1v) is 10.7. The number of imidazole rings is 1. The molecular formula is C20H19Cl2N3O3S. The number of halogens is 2. The molecule has 0 saturated heterocycles. The normalized spacial score (nSPS) is 10.9. The average molecular weight is 452 g/mol. The molecule has 3 aromatic rings. The van der Waals surface area contributed by atoms with Gasteiger partial charge in [-0.25, -0.2) is 9.78 Å². The number of aryl methyl sites for hydroxylation is 1. The third-order valence-electron chi connectivity index (χ3n) is 4.10. The van der Waals surface area contributed by atoms with Gasteiger partial charge in [0.25, 0.3) is 0 Å². The molecule has 1 aromatic heterocycles. The van der Waals surface area contributed by atoms with Crippen molar-refractivity contribution in [3.63, 3.8) is 0 Å². The lowest BCUT2D eigenvalue weighted by atomic mass is 10.2. The van der Waals surface area contributed by atoms with Crippen LogP contribution < -0.4 is 5.32 Å². The molecule has 0 aliphatic carbocycles. The Labute approximate surface area is 182 Å². The number of hydrogen-bond donors (Lipinski definition) is 1. The molecule has 0 unspecified atom stereocenters. The van der Waals surface area contributed by atoms with Gasteiger partial charge in [0, 0.05) is 6.54 Å². The van der Waals surface area contributed by atoms with Crippen molar-refractivity contribution in [3.8, 4) is 0 Å². The van der Waals surface area contributed by atoms with Crippen LogP contribution in [0.3, 0.4) is 0 Å². The highest BCUT2D eigenvalue weighted by molar-refractivity contribution is 7.99. The number of benzene rings is 2. The van der Waals surface area contributed by atoms with E-state index in [0.717, 1.165) is 5.52 Å². The molecule has 3 rings (SSSR count). The summed E-state index contributed by atoms with van der Waals surface area (Å²) in [5.74, 6) is -0.493. The fourth-order valence-electron chi connectivity index (χ4n) is 2.79. The summed E-state index contributed by atoms with van der Waals surface area (Å²) in [7, 11) is 0. The van der Waals surface area contributed by atoms with Gasteiger partial charge < -0.3 is 14.6 Å². The molecule has 0 fully saturated rings. The molecule has 1 N–H and O–H groups in total. The van der Waals surface area contributed by atoms with Crippen LogP contribution in [0.2, 0.25) is 10.0 Å². The number of nitrogens with zero attached hydrogens (tertiary/aromatic N) is 2. The van der Waals surface area contributed by atoms with Crippen LogP contribution in [0.4, 0.5) is 5.69 Å². The second kappa shape index (κ2) is 9.52. The van der Waals surface area contributed by atoms with Crippen LogP contribution in [-0.4, -0.2) is 33.8 Å². The first-order valence-electron chi connectivity index (χ1n) is 8.98. The number of carbonyl (C=O) groups excluding carboxylic acids is 2. The highest BCUT2D eigenvalue weighted by Crippen LogP contribution is 2.30. The van der Waals surface area contributed by atoms with E-state index >= 15 is 0 Å². The number of rotatable bonds is 7. The SMILES string of the molecule is CCOC(=O)c1ccc2c(c1)nc(SCC(=O)Nc1c(Cl)cccc1Cl)n2CC. The molecule has 0 radical (unpaired) electrons. The summed E-state index contributed by atoms with van der Waals surface area (Å²) in [5.41, 5.74) is 2.40. The zero-order chi connectivity index (χ0) is 21.0. The number of aromatic nitrogens is 2. The maximum atomic E-state index is 12.4. The Hall–Kier alpha value is -2.22. The van der Waals surface area contributed by atoms with Crippen molar-refractivity contribution in [2.45, 2.75) is 25.5 Å². The van der Waals surface area contributed by atoms with Gasteiger partial charge in [0.05, 0.1) is 44.7 Å². The van der Waals surface area contributed by atoms with Crippen LogP contribution in [0.15, 0.2) is 41.6 Å². The van der Waals surface area contributed by atoms with Crippen molar-refractivity contribution in [2.24, 2.45) is 0 Å². The van der Waals surface area contributed by atoms with E-state index in [2.05, 4.69) is 10.3 Å². The second-order valence-electron chi connectivity index (χ2n) is 6.00. The molecule has 0 aliphatic rings. The molecule has 0 saturated carbocycles. The van der Waals surface area contributed by atoms with Crippen molar-refractivity contribution in [1.29, 1.82) is 0 Å². The van der Waals surface area contributed by atoms with Gasteiger partial charge in [-0.15, -0.1) is 0 Å². The van der Waals surface area contributed by atoms with E-state index in [1.165, 1.54) is 11.8 Å². The number of esters is 1. The van der Waals surface area contributed by atoms with Crippen molar-refractivity contribution in [1.82, 2.24) is 9.55 Å². The van der Waals surface area contributed by atoms with E-state index in [4.69, 9.17) is 27.9 Å². The lowest BCUT2D eigenvalue weighted by Gasteiger charge is -2.09. The fourth-order valence-corrected chi connectivity index (χ4v) is 4.16. The third kappa shape index (κ3) is 4.86. The topological polar surface area (TPSA) is 73.2 Å². The van der Waals surface area contributed by atoms with Gasteiger partial charge in [-0.05, 0) is 44.2 Å². The first-order chi connectivity index (χ1) is 13.9. The minimum atomic E-state index is -0.384. The largest absolute Gasteiger partial charge is 0.462 e. The maximum absolute atomic E-state index is 12.4. The Morgan fingerprint density at radius 2 is 1.90 bits per heavy atom. The second-order valence-corrected chi connectivity index (χ2v) is 7.75. The van der Waals surface area contributed by atoms with Crippen molar-refractivity contribution < 1.29 is 14.3 Å². The van der Waals surface area contributed by atoms with Gasteiger partial charge in [-0.2, -0.15) is 0 Å². The minimum Gasteiger partial charge on any atom is -0.462 e. The number of ether oxygens (including phenoxy) is 1. The molecule has 0 bridgehead atoms. The molecule has 0 spiro atoms. The summed E-state index contributed by atoms with van der Waals surface area (Å²) in [6.07, 6.45) is 0. The zero-order valence-electron chi connectivity index (χ0n) is 15.9. The van der Waals surface area contributed by atoms with Crippen LogP contribution in [0.5, 0.6) is 0 Å². The zero-order valence-corrected chi connectivity index (χ0v) is 18.2. The van der Waals surface area contributed by atoms with Crippen LogP contribution in [0.1, 0.15) is 24.2 Å². The summed E-state index contributed by atoms with van der Waals surface area (Å²) in [6.45, 7) is 4.74. The van der Waals surface area contributed by atoms with E-state index in [1.807, 2.05) is 17.6 Å². The lowest BCUT2D eigenvalue weighted by Crippen LogP contribution is -2.15. The Bertz CT molecular complexity index is 1050. The van der Waals surface area contributed by atoms with Gasteiger partial charge in [0.15, 0.2) is 5.16 Å². The summed E-state index contributed by atoms with van der Waals surface area (Å²) < 4.78 is 7.03. The molecule has 1 heterocycles. The molecule has 152 valence electrons. The molecule has 9 heteroatoms. The predicted octanol–water partition coefficient (Wildman–Crippen LogP) is 5.27. The van der Waals surface area contributed by atoms with E-state index in [-0.39, 0.29) is 17.6 Å². The Kier molecular flexibility index (Phi) is 7.05. The Morgan fingerprint density at radius 3 is 2.55 bits per heavy atom. The molecule has 0 aliphatic heterocycles. The van der Waals surface area contributed by atoms with E-state index < -0.39 is 0 Å². The Balaban J connectivity index is 1.77. The number of nitrogens with one attached hydrogen (secondary N) is 1. The van der Waals surface area contributed by atoms with Crippen molar-refractivity contribution >= 4 is 63.6 Å². The average Bonchev–Trinajstić information content (AvgIpc) is 3.06. The van der Waals surface area contributed by atoms with E-state index in [9.17, 15) is 9.59 Å². The lowest BCUT2D eigenvalue weighted by molar-refractivity contribution is -0.113. The number of fused-ring (bicyclic) bond motifs is 1. The minimum absolute atomic E-state index is 0.135. The first kappa shape index (κ1) is 21.5. The van der Waals surface area contributed by atoms with Crippen LogP contribution in [-0.2, 0) is 16.1 Å². The smallest absolute Gasteiger partial charge is 0.338 e. The number of hydrogen-bond acceptors (Lipinski definition) is 5. The van der Waals surface area contributed by atoms with Crippen LogP contribution >= 0.6 is 35.0 Å². The Morgan fingerprint density at radius 1 is 1.17 bits per heavy atom. The maximum Gasteiger partial charge on any atom is 0.338 e. The molecule has 1 amide bonds. The van der Waals surface area contributed by atoms with E-state index in [0.29, 0.717) is 45.1 Å². The number of amides is 1. The molecular weight excluding hydrogens is 433 g/mol. The molecule has 6 nitrogen and oxygen atoms in total. The van der Waals surface area contributed by atoms with E-state index in [1.54, 1.807) is 37.3 Å². The molecule has 0 atom stereocenters. The highest BCUT2D eigenvalue weighted by Gasteiger charge is 2.16. The molecule has 2 aromatic carbocycles. The summed E-state index contributed by atoms with van der Waals surface area (Å²) >= 11 is 13.5. The summed E-state index contributed by atoms with van der Waals surface area (Å²) in [4.78, 5) is 28.9. The third-order valence-corrected chi connectivity index (χ3v) is 5.71. The van der Waals surface area contributed by atoms with Crippen molar-refractivity contribution in [2.75, 3.05) is 17.7 Å². The summed E-state index contributed by atoms with van der Waals surface area (Å²) in [6, 6.07) is 10.3. The van der Waals surface area contributed by atoms with Crippen molar-refractivity contribution in [3.05, 3.63) is 52.0 Å². The quantitative estimate of drug-likeness (QED) is 0.391. The van der Waals surface area contributed by atoms with Gasteiger partial charge in [-0.3, -0.25) is 4.79 Å². The standard InChI is InChI=1S/C20H19Cl2N3O3S/c1-3-25-16-9-8-12(19(27)28-4-2)10-15(16)23-20(25)29-11-17(26)24-18-13(21)6-5-7-14(18)22/h5-10H,3-4,11H2,1-2H3,(H,24,26). The van der Waals surface area contributed by atoms with Gasteiger partial charge in [-0.1, -0.05) is 41.0 Å². The predicted molar refractivity (Wildman–Crippen MR) is 117 cm³/mol. The molecule has 29 heavy (non-hydrogen) atoms.